The molecule has 2 N–H and O–H groups in total. The number of aromatic nitrogens is 1. The van der Waals surface area contributed by atoms with Crippen molar-refractivity contribution in [2.45, 2.75) is 43.6 Å². The number of nitrogens with zero attached hydrogens (tertiary/aromatic N) is 1. The molecule has 0 radical (unpaired) electrons. The van der Waals surface area contributed by atoms with Gasteiger partial charge >= 0.3 is 6.03 Å². The van der Waals surface area contributed by atoms with E-state index < -0.39 is 0 Å². The molecule has 0 atom stereocenters. The third kappa shape index (κ3) is 5.81. The summed E-state index contributed by atoms with van der Waals surface area (Å²) in [5, 5.41) is 6.53. The second-order valence-electron chi connectivity index (χ2n) is 5.83. The van der Waals surface area contributed by atoms with Crippen molar-refractivity contribution in [1.29, 1.82) is 0 Å². The highest BCUT2D eigenvalue weighted by Crippen LogP contribution is 2.30. The van der Waals surface area contributed by atoms with Crippen molar-refractivity contribution in [2.75, 3.05) is 0 Å². The lowest BCUT2D eigenvalue weighted by Crippen LogP contribution is -2.34. The minimum Gasteiger partial charge on any atom is -0.467 e. The number of nitrogens with one attached hydrogen (secondary N) is 2. The molecule has 0 fully saturated rings. The van der Waals surface area contributed by atoms with E-state index in [1.165, 1.54) is 0 Å². The number of carbonyl (C=O) groups is 1. The number of hydrogen-bond donors (Lipinski definition) is 2. The monoisotopic (exact) mass is 319 g/mol. The van der Waals surface area contributed by atoms with Gasteiger partial charge in [-0.2, -0.15) is 0 Å². The average Bonchev–Trinajstić information content (AvgIpc) is 2.95. The van der Waals surface area contributed by atoms with E-state index in [2.05, 4.69) is 36.4 Å². The van der Waals surface area contributed by atoms with Crippen LogP contribution in [0, 0.1) is 0 Å². The quantitative estimate of drug-likeness (QED) is 0.827. The van der Waals surface area contributed by atoms with Crippen LogP contribution >= 0.6 is 11.8 Å². The predicted molar refractivity (Wildman–Crippen MR) is 87.6 cm³/mol. The van der Waals surface area contributed by atoms with Crippen LogP contribution in [0.25, 0.3) is 0 Å². The standard InChI is InChI=1S/C16H21N3O2S/c1-16(2,3)22-14-9-12(6-7-17-14)10-18-15(20)19-11-13-5-4-8-21-13/h4-9H,10-11H2,1-3H3,(H2,18,19,20). The number of thioether (sulfide) groups is 1. The minimum atomic E-state index is -0.224. The van der Waals surface area contributed by atoms with Crippen LogP contribution in [0.15, 0.2) is 46.2 Å². The molecule has 2 heterocycles. The summed E-state index contributed by atoms with van der Waals surface area (Å²) in [4.78, 5) is 16.1. The van der Waals surface area contributed by atoms with Gasteiger partial charge in [-0.1, -0.05) is 20.8 Å². The molecule has 22 heavy (non-hydrogen) atoms. The molecular weight excluding hydrogens is 298 g/mol. The highest BCUT2D eigenvalue weighted by atomic mass is 32.2. The van der Waals surface area contributed by atoms with Gasteiger partial charge in [0.1, 0.15) is 5.76 Å². The zero-order chi connectivity index (χ0) is 16.0. The molecule has 0 bridgehead atoms. The van der Waals surface area contributed by atoms with E-state index in [1.807, 2.05) is 18.2 Å². The Morgan fingerprint density at radius 3 is 2.73 bits per heavy atom. The zero-order valence-electron chi connectivity index (χ0n) is 13.1. The first kappa shape index (κ1) is 16.4. The van der Waals surface area contributed by atoms with Gasteiger partial charge in [0.2, 0.25) is 0 Å². The highest BCUT2D eigenvalue weighted by molar-refractivity contribution is 8.00. The third-order valence-corrected chi connectivity index (χ3v) is 3.71. The predicted octanol–water partition coefficient (Wildman–Crippen LogP) is 3.56. The molecule has 0 aliphatic rings. The molecule has 5 nitrogen and oxygen atoms in total. The molecular formula is C16H21N3O2S. The van der Waals surface area contributed by atoms with Gasteiger partial charge in [0.05, 0.1) is 17.8 Å². The fourth-order valence-electron chi connectivity index (χ4n) is 1.76. The molecule has 2 aromatic rings. The van der Waals surface area contributed by atoms with E-state index in [4.69, 9.17) is 4.42 Å². The maximum atomic E-state index is 11.7. The Labute approximate surface area is 134 Å². The van der Waals surface area contributed by atoms with Gasteiger partial charge in [0.25, 0.3) is 0 Å². The number of amides is 2. The third-order valence-electron chi connectivity index (χ3n) is 2.67. The fraction of sp³-hybridized carbons (Fsp3) is 0.375. The molecule has 118 valence electrons. The number of pyridine rings is 1. The number of carbonyl (C=O) groups excluding carboxylic acids is 1. The van der Waals surface area contributed by atoms with Crippen LogP contribution in [-0.2, 0) is 13.1 Å². The SMILES string of the molecule is CC(C)(C)Sc1cc(CNC(=O)NCc2ccco2)ccn1. The van der Waals surface area contributed by atoms with Crippen molar-refractivity contribution in [3.63, 3.8) is 0 Å². The lowest BCUT2D eigenvalue weighted by molar-refractivity contribution is 0.239. The van der Waals surface area contributed by atoms with Gasteiger partial charge in [-0.05, 0) is 29.8 Å². The lowest BCUT2D eigenvalue weighted by Gasteiger charge is -2.17. The van der Waals surface area contributed by atoms with Crippen molar-refractivity contribution in [1.82, 2.24) is 15.6 Å². The Bertz CT molecular complexity index is 606. The van der Waals surface area contributed by atoms with Crippen LogP contribution in [0.3, 0.4) is 0 Å². The summed E-state index contributed by atoms with van der Waals surface area (Å²) in [5.41, 5.74) is 1.02. The number of furan rings is 1. The van der Waals surface area contributed by atoms with Crippen molar-refractivity contribution < 1.29 is 9.21 Å². The number of rotatable bonds is 5. The number of hydrogen-bond acceptors (Lipinski definition) is 4. The Balaban J connectivity index is 1.80. The lowest BCUT2D eigenvalue weighted by atomic mass is 10.2. The van der Waals surface area contributed by atoms with Crippen LogP contribution < -0.4 is 10.6 Å². The molecule has 0 unspecified atom stereocenters. The van der Waals surface area contributed by atoms with E-state index in [1.54, 1.807) is 30.3 Å². The van der Waals surface area contributed by atoms with Crippen LogP contribution in [0.4, 0.5) is 4.79 Å². The van der Waals surface area contributed by atoms with Gasteiger partial charge in [0, 0.05) is 17.5 Å². The molecule has 0 saturated carbocycles. The Kier molecular flexibility index (Phi) is 5.49. The van der Waals surface area contributed by atoms with Crippen molar-refractivity contribution >= 4 is 17.8 Å². The van der Waals surface area contributed by atoms with Crippen molar-refractivity contribution in [3.8, 4) is 0 Å². The molecule has 0 aromatic carbocycles. The first-order valence-corrected chi connectivity index (χ1v) is 7.92. The van der Waals surface area contributed by atoms with Gasteiger partial charge in [-0.25, -0.2) is 9.78 Å². The topological polar surface area (TPSA) is 67.2 Å². The minimum absolute atomic E-state index is 0.111. The largest absolute Gasteiger partial charge is 0.467 e. The normalized spacial score (nSPS) is 11.2. The summed E-state index contributed by atoms with van der Waals surface area (Å²) in [5.74, 6) is 0.725. The van der Waals surface area contributed by atoms with Crippen LogP contribution in [0.1, 0.15) is 32.1 Å². The molecule has 2 aromatic heterocycles. The molecule has 2 amide bonds. The summed E-state index contributed by atoms with van der Waals surface area (Å²) < 4.78 is 5.27. The van der Waals surface area contributed by atoms with E-state index in [-0.39, 0.29) is 10.8 Å². The summed E-state index contributed by atoms with van der Waals surface area (Å²) in [7, 11) is 0. The van der Waals surface area contributed by atoms with Crippen molar-refractivity contribution in [3.05, 3.63) is 48.0 Å². The molecule has 0 spiro atoms. The Morgan fingerprint density at radius 1 is 1.27 bits per heavy atom. The molecule has 2 rings (SSSR count). The van der Waals surface area contributed by atoms with Gasteiger partial charge < -0.3 is 15.1 Å². The first-order valence-electron chi connectivity index (χ1n) is 7.10. The second kappa shape index (κ2) is 7.35. The first-order chi connectivity index (χ1) is 10.4. The average molecular weight is 319 g/mol. The molecule has 0 aliphatic carbocycles. The van der Waals surface area contributed by atoms with Crippen molar-refractivity contribution in [2.24, 2.45) is 0 Å². The maximum Gasteiger partial charge on any atom is 0.315 e. The second-order valence-corrected chi connectivity index (χ2v) is 7.68. The fourth-order valence-corrected chi connectivity index (χ4v) is 2.71. The number of urea groups is 1. The van der Waals surface area contributed by atoms with Crippen LogP contribution in [-0.4, -0.2) is 15.8 Å². The van der Waals surface area contributed by atoms with Gasteiger partial charge in [-0.15, -0.1) is 11.8 Å². The summed E-state index contributed by atoms with van der Waals surface area (Å²) in [6.07, 6.45) is 3.35. The van der Waals surface area contributed by atoms with Gasteiger partial charge in [-0.3, -0.25) is 0 Å². The Morgan fingerprint density at radius 2 is 2.05 bits per heavy atom. The van der Waals surface area contributed by atoms with Crippen LogP contribution in [0.2, 0.25) is 0 Å². The van der Waals surface area contributed by atoms with Gasteiger partial charge in [0.15, 0.2) is 0 Å². The maximum absolute atomic E-state index is 11.7. The smallest absolute Gasteiger partial charge is 0.315 e. The van der Waals surface area contributed by atoms with E-state index in [0.29, 0.717) is 13.1 Å². The van der Waals surface area contributed by atoms with Crippen LogP contribution in [0.5, 0.6) is 0 Å². The summed E-state index contributed by atoms with van der Waals surface area (Å²) in [6, 6.07) is 7.29. The molecule has 0 saturated heterocycles. The van der Waals surface area contributed by atoms with E-state index in [9.17, 15) is 4.79 Å². The van der Waals surface area contributed by atoms with E-state index >= 15 is 0 Å². The zero-order valence-corrected chi connectivity index (χ0v) is 13.9. The summed E-state index contributed by atoms with van der Waals surface area (Å²) >= 11 is 1.71. The van der Waals surface area contributed by atoms with E-state index in [0.717, 1.165) is 16.3 Å². The molecule has 0 aliphatic heterocycles. The molecule has 6 heteroatoms. The summed E-state index contributed by atoms with van der Waals surface area (Å²) in [6.45, 7) is 7.27. The highest BCUT2D eigenvalue weighted by Gasteiger charge is 2.13. The Hall–Kier alpha value is -1.95.